The van der Waals surface area contributed by atoms with Crippen LogP contribution in [0, 0.1) is 12.8 Å². The van der Waals surface area contributed by atoms with Crippen LogP contribution < -0.4 is 9.62 Å². The second kappa shape index (κ2) is 11.5. The van der Waals surface area contributed by atoms with Crippen molar-refractivity contribution in [2.24, 2.45) is 5.92 Å². The lowest BCUT2D eigenvalue weighted by atomic mass is 10.1. The maximum Gasteiger partial charge on any atom is 0.244 e. The molecule has 7 nitrogen and oxygen atoms in total. The molecule has 2 aromatic carbocycles. The number of para-hydroxylation sites is 1. The zero-order valence-corrected chi connectivity index (χ0v) is 21.3. The zero-order chi connectivity index (χ0) is 24.8. The molecule has 0 saturated heterocycles. The number of rotatable bonds is 10. The Balaban J connectivity index is 2.36. The Morgan fingerprint density at radius 1 is 1.03 bits per heavy atom. The van der Waals surface area contributed by atoms with Gasteiger partial charge >= 0.3 is 0 Å². The Labute approximate surface area is 201 Å². The van der Waals surface area contributed by atoms with Gasteiger partial charge in [0.1, 0.15) is 12.6 Å². The summed E-state index contributed by atoms with van der Waals surface area (Å²) in [4.78, 5) is 27.6. The lowest BCUT2D eigenvalue weighted by molar-refractivity contribution is -0.139. The minimum absolute atomic E-state index is 0.162. The van der Waals surface area contributed by atoms with Gasteiger partial charge in [-0.2, -0.15) is 0 Å². The van der Waals surface area contributed by atoms with E-state index in [0.29, 0.717) is 6.54 Å². The summed E-state index contributed by atoms with van der Waals surface area (Å²) in [5.41, 5.74) is 2.12. The van der Waals surface area contributed by atoms with E-state index in [9.17, 15) is 18.0 Å². The van der Waals surface area contributed by atoms with Gasteiger partial charge in [0.2, 0.25) is 21.8 Å². The van der Waals surface area contributed by atoms with Gasteiger partial charge in [0.05, 0.1) is 17.0 Å². The summed E-state index contributed by atoms with van der Waals surface area (Å²) >= 11 is 6.22. The highest BCUT2D eigenvalue weighted by atomic mass is 35.5. The van der Waals surface area contributed by atoms with Gasteiger partial charge in [-0.25, -0.2) is 8.42 Å². The number of hydrogen-bond donors (Lipinski definition) is 1. The van der Waals surface area contributed by atoms with Crippen LogP contribution in [0.3, 0.4) is 0 Å². The number of anilines is 1. The van der Waals surface area contributed by atoms with Crippen molar-refractivity contribution < 1.29 is 18.0 Å². The highest BCUT2D eigenvalue weighted by molar-refractivity contribution is 7.92. The summed E-state index contributed by atoms with van der Waals surface area (Å²) in [5.74, 6) is -0.552. The van der Waals surface area contributed by atoms with Crippen LogP contribution in [0.25, 0.3) is 0 Å². The number of amides is 2. The number of hydrogen-bond acceptors (Lipinski definition) is 4. The Morgan fingerprint density at radius 3 is 2.18 bits per heavy atom. The topological polar surface area (TPSA) is 86.8 Å². The van der Waals surface area contributed by atoms with Crippen LogP contribution in [0.2, 0.25) is 5.02 Å². The fraction of sp³-hybridized carbons (Fsp3) is 0.417. The quantitative estimate of drug-likeness (QED) is 0.547. The first-order valence-electron chi connectivity index (χ1n) is 10.7. The predicted octanol–water partition coefficient (Wildman–Crippen LogP) is 3.60. The summed E-state index contributed by atoms with van der Waals surface area (Å²) in [6.07, 6.45) is 1.02. The minimum Gasteiger partial charge on any atom is -0.354 e. The summed E-state index contributed by atoms with van der Waals surface area (Å²) in [6.45, 7) is 7.72. The van der Waals surface area contributed by atoms with Crippen molar-refractivity contribution in [1.29, 1.82) is 0 Å². The summed E-state index contributed by atoms with van der Waals surface area (Å²) in [7, 11) is -3.81. The Hall–Kier alpha value is -2.58. The lowest BCUT2D eigenvalue weighted by Gasteiger charge is -2.31. The van der Waals surface area contributed by atoms with E-state index in [1.165, 1.54) is 4.90 Å². The van der Waals surface area contributed by atoms with E-state index >= 15 is 0 Å². The van der Waals surface area contributed by atoms with Gasteiger partial charge in [-0.1, -0.05) is 67.4 Å². The fourth-order valence-electron chi connectivity index (χ4n) is 3.17. The van der Waals surface area contributed by atoms with Crippen molar-refractivity contribution in [3.8, 4) is 0 Å². The Morgan fingerprint density at radius 2 is 1.64 bits per heavy atom. The number of halogens is 1. The molecule has 1 N–H and O–H groups in total. The highest BCUT2D eigenvalue weighted by Gasteiger charge is 2.30. The van der Waals surface area contributed by atoms with Crippen LogP contribution >= 0.6 is 11.6 Å². The normalized spacial score (nSPS) is 12.3. The van der Waals surface area contributed by atoms with Crippen molar-refractivity contribution in [2.75, 3.05) is 23.7 Å². The van der Waals surface area contributed by atoms with Gasteiger partial charge < -0.3 is 10.2 Å². The number of carbonyl (C=O) groups is 2. The van der Waals surface area contributed by atoms with Gasteiger partial charge in [0, 0.05) is 13.1 Å². The molecule has 2 amide bonds. The van der Waals surface area contributed by atoms with Gasteiger partial charge in [-0.15, -0.1) is 0 Å². The van der Waals surface area contributed by atoms with E-state index in [2.05, 4.69) is 5.32 Å². The molecule has 2 rings (SSSR count). The maximum absolute atomic E-state index is 13.4. The van der Waals surface area contributed by atoms with Gasteiger partial charge in [0.15, 0.2) is 0 Å². The van der Waals surface area contributed by atoms with Crippen LogP contribution in [0.1, 0.15) is 31.9 Å². The van der Waals surface area contributed by atoms with E-state index in [1.54, 1.807) is 31.2 Å². The van der Waals surface area contributed by atoms with Crippen molar-refractivity contribution in [1.82, 2.24) is 10.2 Å². The van der Waals surface area contributed by atoms with Crippen molar-refractivity contribution >= 4 is 39.1 Å². The molecule has 0 fully saturated rings. The molecular weight excluding hydrogens is 462 g/mol. The first kappa shape index (κ1) is 26.7. The molecule has 0 radical (unpaired) electrons. The molecule has 0 spiro atoms. The van der Waals surface area contributed by atoms with Gasteiger partial charge in [-0.05, 0) is 37.5 Å². The number of sulfonamides is 1. The number of aryl methyl sites for hydroxylation is 1. The maximum atomic E-state index is 13.4. The van der Waals surface area contributed by atoms with Crippen molar-refractivity contribution in [3.05, 3.63) is 64.7 Å². The number of benzene rings is 2. The van der Waals surface area contributed by atoms with Crippen LogP contribution in [0.5, 0.6) is 0 Å². The fourth-order valence-corrected chi connectivity index (χ4v) is 4.32. The molecule has 9 heteroatoms. The molecule has 2 aromatic rings. The van der Waals surface area contributed by atoms with Gasteiger partial charge in [0.25, 0.3) is 0 Å². The van der Waals surface area contributed by atoms with E-state index < -0.39 is 28.5 Å². The standard InChI is InChI=1S/C24H32ClN3O4S/c1-17(2)14-26-24(30)19(4)27(15-20-12-10-18(3)11-13-20)23(29)16-28(33(5,31)32)22-9-7-6-8-21(22)25/h6-13,17,19H,14-16H2,1-5H3,(H,26,30)/t19-/m1/s1. The Kier molecular flexibility index (Phi) is 9.31. The third-order valence-electron chi connectivity index (χ3n) is 5.13. The monoisotopic (exact) mass is 493 g/mol. The zero-order valence-electron chi connectivity index (χ0n) is 19.7. The smallest absolute Gasteiger partial charge is 0.244 e. The molecule has 180 valence electrons. The van der Waals surface area contributed by atoms with Crippen molar-refractivity contribution in [2.45, 2.75) is 40.3 Å². The number of nitrogens with zero attached hydrogens (tertiary/aromatic N) is 2. The molecule has 0 bridgehead atoms. The van der Waals surface area contributed by atoms with Crippen LogP contribution in [-0.4, -0.2) is 50.5 Å². The molecule has 33 heavy (non-hydrogen) atoms. The Bertz CT molecular complexity index is 1070. The first-order chi connectivity index (χ1) is 15.4. The average Bonchev–Trinajstić information content (AvgIpc) is 2.74. The molecule has 0 aliphatic heterocycles. The molecule has 0 saturated carbocycles. The molecule has 0 aromatic heterocycles. The van der Waals surface area contributed by atoms with E-state index in [-0.39, 0.29) is 29.1 Å². The highest BCUT2D eigenvalue weighted by Crippen LogP contribution is 2.27. The molecule has 1 atom stereocenters. The first-order valence-corrected chi connectivity index (χ1v) is 13.0. The van der Waals surface area contributed by atoms with Gasteiger partial charge in [-0.3, -0.25) is 13.9 Å². The van der Waals surface area contributed by atoms with E-state index in [1.807, 2.05) is 45.0 Å². The number of nitrogens with one attached hydrogen (secondary N) is 1. The summed E-state index contributed by atoms with van der Waals surface area (Å²) in [6, 6.07) is 13.3. The van der Waals surface area contributed by atoms with E-state index in [0.717, 1.165) is 21.7 Å². The predicted molar refractivity (Wildman–Crippen MR) is 133 cm³/mol. The SMILES string of the molecule is Cc1ccc(CN(C(=O)CN(c2ccccc2Cl)S(C)(=O)=O)[C@H](C)C(=O)NCC(C)C)cc1. The second-order valence-corrected chi connectivity index (χ2v) is 10.9. The average molecular weight is 494 g/mol. The molecular formula is C24H32ClN3O4S. The summed E-state index contributed by atoms with van der Waals surface area (Å²) in [5, 5.41) is 3.06. The third-order valence-corrected chi connectivity index (χ3v) is 6.57. The van der Waals surface area contributed by atoms with Crippen molar-refractivity contribution in [3.63, 3.8) is 0 Å². The van der Waals surface area contributed by atoms with E-state index in [4.69, 9.17) is 11.6 Å². The third kappa shape index (κ3) is 7.75. The molecule has 0 heterocycles. The van der Waals surface area contributed by atoms with Crippen LogP contribution in [-0.2, 0) is 26.2 Å². The largest absolute Gasteiger partial charge is 0.354 e. The van der Waals surface area contributed by atoms with Crippen LogP contribution in [0.15, 0.2) is 48.5 Å². The number of carbonyl (C=O) groups excluding carboxylic acids is 2. The second-order valence-electron chi connectivity index (χ2n) is 8.54. The van der Waals surface area contributed by atoms with Crippen LogP contribution in [0.4, 0.5) is 5.69 Å². The molecule has 0 unspecified atom stereocenters. The lowest BCUT2D eigenvalue weighted by Crippen LogP contribution is -2.51. The molecule has 0 aliphatic carbocycles. The summed E-state index contributed by atoms with van der Waals surface area (Å²) < 4.78 is 26.0. The minimum atomic E-state index is -3.81. The molecule has 0 aliphatic rings.